The molecule has 0 heterocycles. The van der Waals surface area contributed by atoms with Crippen molar-refractivity contribution in [3.8, 4) is 23.7 Å². The van der Waals surface area contributed by atoms with Crippen LogP contribution >= 0.6 is 0 Å². The number of hydrogen-bond donors (Lipinski definition) is 0. The van der Waals surface area contributed by atoms with Gasteiger partial charge in [0.1, 0.15) is 0 Å². The molecular formula is C30H30. The van der Waals surface area contributed by atoms with E-state index < -0.39 is 0 Å². The van der Waals surface area contributed by atoms with Crippen molar-refractivity contribution in [1.82, 2.24) is 0 Å². The highest BCUT2D eigenvalue weighted by molar-refractivity contribution is 5.51. The zero-order valence-electron chi connectivity index (χ0n) is 18.4. The van der Waals surface area contributed by atoms with Gasteiger partial charge in [0.15, 0.2) is 0 Å². The van der Waals surface area contributed by atoms with Crippen molar-refractivity contribution < 1.29 is 0 Å². The summed E-state index contributed by atoms with van der Waals surface area (Å²) in [4.78, 5) is 0. The molecule has 0 aliphatic heterocycles. The van der Waals surface area contributed by atoms with Gasteiger partial charge in [-0.1, -0.05) is 74.6 Å². The normalized spacial score (nSPS) is 9.97. The van der Waals surface area contributed by atoms with Gasteiger partial charge in [0.25, 0.3) is 0 Å². The Kier molecular flexibility index (Phi) is 7.94. The van der Waals surface area contributed by atoms with E-state index in [1.807, 2.05) is 0 Å². The standard InChI is InChI=1S/C30H30/c1-4-6-7-8-26-13-15-27(16-14-26)17-18-29-20-22-30(24(3)23-29)21-19-28-11-9-25(5-2)10-12-28/h9-16,20,22-23H,4-8H2,1-3H3. The minimum Gasteiger partial charge on any atom is -0.0654 e. The van der Waals surface area contributed by atoms with Crippen LogP contribution in [0.5, 0.6) is 0 Å². The van der Waals surface area contributed by atoms with E-state index in [9.17, 15) is 0 Å². The number of benzene rings is 3. The molecule has 0 aliphatic rings. The predicted octanol–water partition coefficient (Wildman–Crippen LogP) is 7.09. The Bertz CT molecular complexity index is 1080. The Hall–Kier alpha value is -3.22. The number of hydrogen-bond acceptors (Lipinski definition) is 0. The van der Waals surface area contributed by atoms with Gasteiger partial charge in [-0.05, 0) is 85.3 Å². The fourth-order valence-corrected chi connectivity index (χ4v) is 3.32. The van der Waals surface area contributed by atoms with Gasteiger partial charge < -0.3 is 0 Å². The average molecular weight is 391 g/mol. The monoisotopic (exact) mass is 390 g/mol. The molecule has 0 amide bonds. The van der Waals surface area contributed by atoms with Gasteiger partial charge in [-0.2, -0.15) is 0 Å². The van der Waals surface area contributed by atoms with Crippen LogP contribution in [0.15, 0.2) is 66.7 Å². The molecule has 3 aromatic carbocycles. The summed E-state index contributed by atoms with van der Waals surface area (Å²) in [5.41, 5.74) is 8.09. The lowest BCUT2D eigenvalue weighted by atomic mass is 10.0. The van der Waals surface area contributed by atoms with Gasteiger partial charge in [-0.25, -0.2) is 0 Å². The Morgan fingerprint density at radius 3 is 1.77 bits per heavy atom. The van der Waals surface area contributed by atoms with Crippen LogP contribution in [-0.2, 0) is 12.8 Å². The van der Waals surface area contributed by atoms with Gasteiger partial charge in [0.05, 0.1) is 0 Å². The van der Waals surface area contributed by atoms with Crippen LogP contribution in [0.25, 0.3) is 0 Å². The highest BCUT2D eigenvalue weighted by Crippen LogP contribution is 2.12. The SMILES string of the molecule is CCCCCc1ccc(C#Cc2ccc(C#Cc3ccc(CC)cc3)c(C)c2)cc1. The maximum absolute atomic E-state index is 3.30. The first kappa shape index (κ1) is 21.5. The highest BCUT2D eigenvalue weighted by atomic mass is 14.0. The third-order valence-corrected chi connectivity index (χ3v) is 5.30. The minimum absolute atomic E-state index is 1.03. The third-order valence-electron chi connectivity index (χ3n) is 5.30. The van der Waals surface area contributed by atoms with E-state index in [0.717, 1.165) is 40.7 Å². The molecule has 0 saturated heterocycles. The summed E-state index contributed by atoms with van der Waals surface area (Å²) >= 11 is 0. The molecule has 0 N–H and O–H groups in total. The first-order chi connectivity index (χ1) is 14.7. The van der Waals surface area contributed by atoms with Crippen LogP contribution in [-0.4, -0.2) is 0 Å². The first-order valence-corrected chi connectivity index (χ1v) is 11.0. The van der Waals surface area contributed by atoms with Crippen molar-refractivity contribution in [2.45, 2.75) is 52.9 Å². The van der Waals surface area contributed by atoms with Crippen LogP contribution < -0.4 is 0 Å². The topological polar surface area (TPSA) is 0 Å². The van der Waals surface area contributed by atoms with Crippen molar-refractivity contribution in [3.63, 3.8) is 0 Å². The van der Waals surface area contributed by atoms with Crippen LogP contribution in [0.4, 0.5) is 0 Å². The third kappa shape index (κ3) is 6.40. The fraction of sp³-hybridized carbons (Fsp3) is 0.267. The first-order valence-electron chi connectivity index (χ1n) is 11.0. The van der Waals surface area contributed by atoms with E-state index in [1.165, 1.54) is 30.4 Å². The van der Waals surface area contributed by atoms with Gasteiger partial charge in [-0.15, -0.1) is 0 Å². The quantitative estimate of drug-likeness (QED) is 0.322. The van der Waals surface area contributed by atoms with E-state index >= 15 is 0 Å². The molecule has 3 aromatic rings. The molecule has 0 nitrogen and oxygen atoms in total. The summed E-state index contributed by atoms with van der Waals surface area (Å²) in [7, 11) is 0. The van der Waals surface area contributed by atoms with E-state index in [4.69, 9.17) is 0 Å². The minimum atomic E-state index is 1.03. The smallest absolute Gasteiger partial charge is 0.0279 e. The molecule has 0 aromatic heterocycles. The van der Waals surface area contributed by atoms with Crippen LogP contribution in [0.2, 0.25) is 0 Å². The second-order valence-corrected chi connectivity index (χ2v) is 7.73. The molecule has 0 saturated carbocycles. The average Bonchev–Trinajstić information content (AvgIpc) is 2.78. The number of aryl methyl sites for hydroxylation is 3. The maximum atomic E-state index is 3.30. The predicted molar refractivity (Wildman–Crippen MR) is 129 cm³/mol. The fourth-order valence-electron chi connectivity index (χ4n) is 3.32. The Morgan fingerprint density at radius 1 is 0.600 bits per heavy atom. The molecule has 0 radical (unpaired) electrons. The molecule has 0 unspecified atom stereocenters. The zero-order valence-corrected chi connectivity index (χ0v) is 18.4. The van der Waals surface area contributed by atoms with E-state index in [1.54, 1.807) is 0 Å². The van der Waals surface area contributed by atoms with Crippen molar-refractivity contribution in [1.29, 1.82) is 0 Å². The molecule has 3 rings (SSSR count). The lowest BCUT2D eigenvalue weighted by molar-refractivity contribution is 0.717. The van der Waals surface area contributed by atoms with Crippen LogP contribution in [0.3, 0.4) is 0 Å². The second-order valence-electron chi connectivity index (χ2n) is 7.73. The Balaban J connectivity index is 1.67. The van der Waals surface area contributed by atoms with Crippen LogP contribution in [0.1, 0.15) is 72.1 Å². The van der Waals surface area contributed by atoms with E-state index in [2.05, 4.69) is 111 Å². The number of rotatable bonds is 5. The second kappa shape index (κ2) is 11.1. The summed E-state index contributed by atoms with van der Waals surface area (Å²) in [6, 6.07) is 23.4. The van der Waals surface area contributed by atoms with Crippen molar-refractivity contribution in [2.75, 3.05) is 0 Å². The summed E-state index contributed by atoms with van der Waals surface area (Å²) in [5, 5.41) is 0. The van der Waals surface area contributed by atoms with Gasteiger partial charge in [0.2, 0.25) is 0 Å². The zero-order chi connectivity index (χ0) is 21.2. The van der Waals surface area contributed by atoms with E-state index in [0.29, 0.717) is 0 Å². The molecule has 150 valence electrons. The van der Waals surface area contributed by atoms with Crippen LogP contribution in [0, 0.1) is 30.6 Å². The largest absolute Gasteiger partial charge is 0.0654 e. The summed E-state index contributed by atoms with van der Waals surface area (Å²) in [6.07, 6.45) is 6.04. The summed E-state index contributed by atoms with van der Waals surface area (Å²) < 4.78 is 0. The molecular weight excluding hydrogens is 360 g/mol. The van der Waals surface area contributed by atoms with Gasteiger partial charge >= 0.3 is 0 Å². The maximum Gasteiger partial charge on any atom is 0.0279 e. The molecule has 0 bridgehead atoms. The van der Waals surface area contributed by atoms with Crippen molar-refractivity contribution in [3.05, 3.63) is 106 Å². The molecule has 0 heteroatoms. The molecule has 0 fully saturated rings. The lowest BCUT2D eigenvalue weighted by Gasteiger charge is -2.01. The number of unbranched alkanes of at least 4 members (excludes halogenated alkanes) is 2. The Morgan fingerprint density at radius 2 is 1.17 bits per heavy atom. The Labute approximate surface area is 182 Å². The van der Waals surface area contributed by atoms with Gasteiger partial charge in [-0.3, -0.25) is 0 Å². The molecule has 0 spiro atoms. The molecule has 30 heavy (non-hydrogen) atoms. The highest BCUT2D eigenvalue weighted by Gasteiger charge is 1.97. The molecule has 0 atom stereocenters. The lowest BCUT2D eigenvalue weighted by Crippen LogP contribution is -1.86. The van der Waals surface area contributed by atoms with Crippen molar-refractivity contribution in [2.24, 2.45) is 0 Å². The summed E-state index contributed by atoms with van der Waals surface area (Å²) in [5.74, 6) is 13.1. The summed E-state index contributed by atoms with van der Waals surface area (Å²) in [6.45, 7) is 6.50. The van der Waals surface area contributed by atoms with Crippen molar-refractivity contribution >= 4 is 0 Å². The van der Waals surface area contributed by atoms with E-state index in [-0.39, 0.29) is 0 Å². The van der Waals surface area contributed by atoms with Gasteiger partial charge in [0, 0.05) is 22.3 Å². The molecule has 0 aliphatic carbocycles.